The summed E-state index contributed by atoms with van der Waals surface area (Å²) in [6.07, 6.45) is 1.01. The number of carbonyl (C=O) groups excluding carboxylic acids is 1. The van der Waals surface area contributed by atoms with Crippen LogP contribution in [0.25, 0.3) is 11.4 Å². The highest BCUT2D eigenvalue weighted by Gasteiger charge is 2.06. The van der Waals surface area contributed by atoms with Crippen LogP contribution >= 0.6 is 0 Å². The van der Waals surface area contributed by atoms with E-state index >= 15 is 0 Å². The number of rotatable bonds is 6. The van der Waals surface area contributed by atoms with E-state index in [0.29, 0.717) is 31.8 Å². The number of tetrazole rings is 1. The highest BCUT2D eigenvalue weighted by atomic mass is 16.5. The van der Waals surface area contributed by atoms with Gasteiger partial charge in [0.15, 0.2) is 0 Å². The first-order valence-corrected chi connectivity index (χ1v) is 6.28. The van der Waals surface area contributed by atoms with Gasteiger partial charge in [-0.1, -0.05) is 30.3 Å². The average molecular weight is 260 g/mol. The van der Waals surface area contributed by atoms with Crippen LogP contribution in [-0.4, -0.2) is 32.8 Å². The summed E-state index contributed by atoms with van der Waals surface area (Å²) in [4.78, 5) is 12.7. The van der Waals surface area contributed by atoms with Crippen molar-refractivity contribution >= 4 is 5.97 Å². The largest absolute Gasteiger partial charge is 0.466 e. The summed E-state index contributed by atoms with van der Waals surface area (Å²) in [7, 11) is 0. The Morgan fingerprint density at radius 3 is 2.84 bits per heavy atom. The predicted molar refractivity (Wildman–Crippen MR) is 69.1 cm³/mol. The second-order valence-electron chi connectivity index (χ2n) is 3.98. The quantitative estimate of drug-likeness (QED) is 0.739. The molecule has 0 bridgehead atoms. The molecule has 0 amide bonds. The number of hydrogen-bond acceptors (Lipinski definition) is 5. The Morgan fingerprint density at radius 2 is 2.11 bits per heavy atom. The SMILES string of the molecule is CCOC(=O)CCCn1nnc(-c2ccccc2)n1. The van der Waals surface area contributed by atoms with E-state index < -0.39 is 0 Å². The maximum atomic E-state index is 11.2. The van der Waals surface area contributed by atoms with Gasteiger partial charge in [-0.2, -0.15) is 4.80 Å². The summed E-state index contributed by atoms with van der Waals surface area (Å²) in [5.74, 6) is 0.405. The molecule has 0 spiro atoms. The highest BCUT2D eigenvalue weighted by Crippen LogP contribution is 2.11. The molecule has 2 aromatic rings. The Labute approximate surface area is 111 Å². The lowest BCUT2D eigenvalue weighted by Gasteiger charge is -2.00. The summed E-state index contributed by atoms with van der Waals surface area (Å²) < 4.78 is 4.85. The lowest BCUT2D eigenvalue weighted by Crippen LogP contribution is -2.08. The monoisotopic (exact) mass is 260 g/mol. The van der Waals surface area contributed by atoms with Crippen LogP contribution in [0.4, 0.5) is 0 Å². The average Bonchev–Trinajstić information content (AvgIpc) is 2.89. The molecule has 6 nitrogen and oxygen atoms in total. The minimum absolute atomic E-state index is 0.189. The van der Waals surface area contributed by atoms with Gasteiger partial charge in [-0.25, -0.2) is 0 Å². The number of carbonyl (C=O) groups is 1. The van der Waals surface area contributed by atoms with Crippen molar-refractivity contribution < 1.29 is 9.53 Å². The zero-order valence-corrected chi connectivity index (χ0v) is 10.8. The van der Waals surface area contributed by atoms with Gasteiger partial charge >= 0.3 is 5.97 Å². The van der Waals surface area contributed by atoms with Crippen molar-refractivity contribution in [3.05, 3.63) is 30.3 Å². The number of ether oxygens (including phenoxy) is 1. The molecule has 0 N–H and O–H groups in total. The van der Waals surface area contributed by atoms with Gasteiger partial charge < -0.3 is 4.74 Å². The molecule has 6 heteroatoms. The normalized spacial score (nSPS) is 10.4. The maximum Gasteiger partial charge on any atom is 0.305 e. The summed E-state index contributed by atoms with van der Waals surface area (Å²) in [5.41, 5.74) is 0.930. The molecule has 0 aliphatic rings. The van der Waals surface area contributed by atoms with Gasteiger partial charge in [0.2, 0.25) is 5.82 Å². The molecular weight excluding hydrogens is 244 g/mol. The molecule has 0 fully saturated rings. The fraction of sp³-hybridized carbons (Fsp3) is 0.385. The van der Waals surface area contributed by atoms with Crippen molar-refractivity contribution in [2.24, 2.45) is 0 Å². The highest BCUT2D eigenvalue weighted by molar-refractivity contribution is 5.69. The lowest BCUT2D eigenvalue weighted by atomic mass is 10.2. The van der Waals surface area contributed by atoms with E-state index in [0.717, 1.165) is 5.56 Å². The van der Waals surface area contributed by atoms with Gasteiger partial charge in [0.1, 0.15) is 0 Å². The minimum atomic E-state index is -0.189. The summed E-state index contributed by atoms with van der Waals surface area (Å²) in [5, 5.41) is 12.2. The number of aryl methyl sites for hydroxylation is 1. The molecule has 1 heterocycles. The molecule has 1 aromatic carbocycles. The fourth-order valence-electron chi connectivity index (χ4n) is 1.64. The molecule has 2 rings (SSSR count). The first kappa shape index (κ1) is 13.2. The van der Waals surface area contributed by atoms with Crippen molar-refractivity contribution in [3.8, 4) is 11.4 Å². The van der Waals surface area contributed by atoms with Crippen molar-refractivity contribution in [1.82, 2.24) is 20.2 Å². The summed E-state index contributed by atoms with van der Waals surface area (Å²) >= 11 is 0. The lowest BCUT2D eigenvalue weighted by molar-refractivity contribution is -0.143. The van der Waals surface area contributed by atoms with E-state index in [1.54, 1.807) is 6.92 Å². The molecular formula is C13H16N4O2. The first-order chi connectivity index (χ1) is 9.29. The van der Waals surface area contributed by atoms with E-state index in [1.165, 1.54) is 4.80 Å². The molecule has 0 atom stereocenters. The number of aromatic nitrogens is 4. The van der Waals surface area contributed by atoms with Gasteiger partial charge in [0.05, 0.1) is 13.2 Å². The van der Waals surface area contributed by atoms with Crippen molar-refractivity contribution in [1.29, 1.82) is 0 Å². The minimum Gasteiger partial charge on any atom is -0.466 e. The molecule has 19 heavy (non-hydrogen) atoms. The third-order valence-corrected chi connectivity index (χ3v) is 2.53. The predicted octanol–water partition coefficient (Wildman–Crippen LogP) is 1.68. The zero-order chi connectivity index (χ0) is 13.5. The summed E-state index contributed by atoms with van der Waals surface area (Å²) in [6, 6.07) is 9.65. The van der Waals surface area contributed by atoms with Crippen LogP contribution in [0.5, 0.6) is 0 Å². The topological polar surface area (TPSA) is 69.9 Å². The second-order valence-corrected chi connectivity index (χ2v) is 3.98. The zero-order valence-electron chi connectivity index (χ0n) is 10.8. The van der Waals surface area contributed by atoms with Gasteiger partial charge in [-0.15, -0.1) is 10.2 Å². The van der Waals surface area contributed by atoms with E-state index in [1.807, 2.05) is 30.3 Å². The second kappa shape index (κ2) is 6.63. The smallest absolute Gasteiger partial charge is 0.305 e. The number of benzene rings is 1. The molecule has 0 aliphatic carbocycles. The number of nitrogens with zero attached hydrogens (tertiary/aromatic N) is 4. The van der Waals surface area contributed by atoms with E-state index in [4.69, 9.17) is 4.74 Å². The molecule has 0 unspecified atom stereocenters. The molecule has 1 aromatic heterocycles. The van der Waals surface area contributed by atoms with Crippen molar-refractivity contribution in [2.45, 2.75) is 26.3 Å². The standard InChI is InChI=1S/C13H16N4O2/c1-2-19-12(18)9-6-10-17-15-13(14-16-17)11-7-4-3-5-8-11/h3-5,7-8H,2,6,9-10H2,1H3. The Morgan fingerprint density at radius 1 is 1.32 bits per heavy atom. The molecule has 0 saturated heterocycles. The van der Waals surface area contributed by atoms with Gasteiger partial charge in [0.25, 0.3) is 0 Å². The van der Waals surface area contributed by atoms with Gasteiger partial charge in [0, 0.05) is 12.0 Å². The van der Waals surface area contributed by atoms with E-state index in [-0.39, 0.29) is 5.97 Å². The Kier molecular flexibility index (Phi) is 4.60. The van der Waals surface area contributed by atoms with Crippen LogP contribution in [0, 0.1) is 0 Å². The third-order valence-electron chi connectivity index (χ3n) is 2.53. The molecule has 100 valence electrons. The van der Waals surface area contributed by atoms with Gasteiger partial charge in [-0.3, -0.25) is 4.79 Å². The summed E-state index contributed by atoms with van der Waals surface area (Å²) in [6.45, 7) is 2.76. The van der Waals surface area contributed by atoms with Crippen LogP contribution in [0.3, 0.4) is 0 Å². The van der Waals surface area contributed by atoms with Crippen LogP contribution in [-0.2, 0) is 16.1 Å². The number of hydrogen-bond donors (Lipinski definition) is 0. The molecule has 0 aliphatic heterocycles. The van der Waals surface area contributed by atoms with Crippen molar-refractivity contribution in [3.63, 3.8) is 0 Å². The number of esters is 1. The molecule has 0 radical (unpaired) electrons. The Balaban J connectivity index is 1.86. The molecule has 0 saturated carbocycles. The third kappa shape index (κ3) is 3.87. The Hall–Kier alpha value is -2.24. The van der Waals surface area contributed by atoms with Crippen LogP contribution in [0.2, 0.25) is 0 Å². The van der Waals surface area contributed by atoms with Gasteiger partial charge in [-0.05, 0) is 18.6 Å². The maximum absolute atomic E-state index is 11.2. The van der Waals surface area contributed by atoms with E-state index in [2.05, 4.69) is 15.4 Å². The van der Waals surface area contributed by atoms with Crippen LogP contribution < -0.4 is 0 Å². The van der Waals surface area contributed by atoms with Crippen molar-refractivity contribution in [2.75, 3.05) is 6.61 Å². The van der Waals surface area contributed by atoms with E-state index in [9.17, 15) is 4.79 Å². The fourth-order valence-corrected chi connectivity index (χ4v) is 1.64. The van der Waals surface area contributed by atoms with Crippen LogP contribution in [0.1, 0.15) is 19.8 Å². The Bertz CT molecular complexity index is 524. The van der Waals surface area contributed by atoms with Crippen LogP contribution in [0.15, 0.2) is 30.3 Å². The first-order valence-electron chi connectivity index (χ1n) is 6.28.